The van der Waals surface area contributed by atoms with Gasteiger partial charge in [-0.1, -0.05) is 26.0 Å². The maximum atomic E-state index is 13.0. The Hall–Kier alpha value is -3.29. The standard InChI is InChI=1S/C22H28N4O4/c1-6-13-25-20-18(21(27)26(14-7-2)22(25)28)24(3)17(23-20)12-11-15-9-8-10-16(29-4)19(15)30-5/h8-12H,6-7,13-14H2,1-5H3/b12-11+. The molecule has 2 aromatic heterocycles. The predicted octanol–water partition coefficient (Wildman–Crippen LogP) is 2.90. The fourth-order valence-corrected chi connectivity index (χ4v) is 3.58. The molecule has 3 aromatic rings. The molecule has 0 N–H and O–H groups in total. The number of benzene rings is 1. The van der Waals surface area contributed by atoms with Crippen LogP contribution < -0.4 is 20.7 Å². The van der Waals surface area contributed by atoms with E-state index in [1.807, 2.05) is 44.2 Å². The van der Waals surface area contributed by atoms with Gasteiger partial charge in [-0.3, -0.25) is 13.9 Å². The zero-order chi connectivity index (χ0) is 21.8. The fourth-order valence-electron chi connectivity index (χ4n) is 3.58. The lowest BCUT2D eigenvalue weighted by Crippen LogP contribution is -2.40. The number of aromatic nitrogens is 4. The summed E-state index contributed by atoms with van der Waals surface area (Å²) < 4.78 is 15.4. The van der Waals surface area contributed by atoms with Gasteiger partial charge in [0.15, 0.2) is 22.7 Å². The Labute approximate surface area is 175 Å². The molecule has 0 saturated carbocycles. The lowest BCUT2D eigenvalue weighted by Gasteiger charge is -2.10. The molecule has 0 aliphatic heterocycles. The van der Waals surface area contributed by atoms with Crippen molar-refractivity contribution in [3.8, 4) is 11.5 Å². The van der Waals surface area contributed by atoms with Gasteiger partial charge in [0.2, 0.25) is 0 Å². The monoisotopic (exact) mass is 412 g/mol. The van der Waals surface area contributed by atoms with E-state index in [4.69, 9.17) is 9.47 Å². The predicted molar refractivity (Wildman–Crippen MR) is 118 cm³/mol. The van der Waals surface area contributed by atoms with Gasteiger partial charge in [0, 0.05) is 25.7 Å². The molecular formula is C22H28N4O4. The first-order chi connectivity index (χ1) is 14.5. The summed E-state index contributed by atoms with van der Waals surface area (Å²) in [5, 5.41) is 0. The topological polar surface area (TPSA) is 80.3 Å². The molecule has 0 bridgehead atoms. The summed E-state index contributed by atoms with van der Waals surface area (Å²) in [5.41, 5.74) is 1.04. The second-order valence-electron chi connectivity index (χ2n) is 7.01. The number of ether oxygens (including phenoxy) is 2. The molecule has 30 heavy (non-hydrogen) atoms. The molecule has 0 spiro atoms. The van der Waals surface area contributed by atoms with Crippen molar-refractivity contribution in [2.75, 3.05) is 14.2 Å². The van der Waals surface area contributed by atoms with E-state index in [1.165, 1.54) is 4.57 Å². The van der Waals surface area contributed by atoms with Crippen LogP contribution in [0.2, 0.25) is 0 Å². The van der Waals surface area contributed by atoms with Gasteiger partial charge in [-0.15, -0.1) is 0 Å². The van der Waals surface area contributed by atoms with E-state index in [9.17, 15) is 9.59 Å². The van der Waals surface area contributed by atoms with Crippen LogP contribution in [-0.4, -0.2) is 32.9 Å². The molecule has 0 fully saturated rings. The Morgan fingerprint density at radius 3 is 2.33 bits per heavy atom. The number of para-hydroxylation sites is 1. The summed E-state index contributed by atoms with van der Waals surface area (Å²) in [6, 6.07) is 5.60. The van der Waals surface area contributed by atoms with Crippen LogP contribution >= 0.6 is 0 Å². The van der Waals surface area contributed by atoms with Gasteiger partial charge in [-0.25, -0.2) is 9.78 Å². The Morgan fingerprint density at radius 2 is 1.70 bits per heavy atom. The van der Waals surface area contributed by atoms with Crippen molar-refractivity contribution in [1.82, 2.24) is 18.7 Å². The normalized spacial score (nSPS) is 11.5. The molecule has 1 aromatic carbocycles. The van der Waals surface area contributed by atoms with Gasteiger partial charge in [0.1, 0.15) is 5.82 Å². The van der Waals surface area contributed by atoms with Crippen molar-refractivity contribution in [1.29, 1.82) is 0 Å². The number of rotatable bonds is 8. The van der Waals surface area contributed by atoms with Gasteiger partial charge < -0.3 is 14.0 Å². The smallest absolute Gasteiger partial charge is 0.332 e. The third-order valence-corrected chi connectivity index (χ3v) is 5.02. The van der Waals surface area contributed by atoms with Crippen LogP contribution in [-0.2, 0) is 20.1 Å². The van der Waals surface area contributed by atoms with Gasteiger partial charge in [0.25, 0.3) is 5.56 Å². The van der Waals surface area contributed by atoms with Crippen LogP contribution in [0, 0.1) is 0 Å². The number of hydrogen-bond acceptors (Lipinski definition) is 5. The summed E-state index contributed by atoms with van der Waals surface area (Å²) in [6.07, 6.45) is 5.13. The van der Waals surface area contributed by atoms with Crippen molar-refractivity contribution < 1.29 is 9.47 Å². The van der Waals surface area contributed by atoms with E-state index in [2.05, 4.69) is 4.98 Å². The molecule has 0 atom stereocenters. The number of nitrogens with zero attached hydrogens (tertiary/aromatic N) is 4. The Morgan fingerprint density at radius 1 is 1.00 bits per heavy atom. The van der Waals surface area contributed by atoms with Gasteiger partial charge >= 0.3 is 5.69 Å². The van der Waals surface area contributed by atoms with Crippen LogP contribution in [0.3, 0.4) is 0 Å². The van der Waals surface area contributed by atoms with Crippen molar-refractivity contribution in [2.45, 2.75) is 39.8 Å². The maximum Gasteiger partial charge on any atom is 0.332 e. The van der Waals surface area contributed by atoms with Gasteiger partial charge in [-0.2, -0.15) is 0 Å². The first-order valence-corrected chi connectivity index (χ1v) is 10.1. The highest BCUT2D eigenvalue weighted by Crippen LogP contribution is 2.31. The number of imidazole rings is 1. The van der Waals surface area contributed by atoms with E-state index >= 15 is 0 Å². The molecule has 8 heteroatoms. The third-order valence-electron chi connectivity index (χ3n) is 5.02. The van der Waals surface area contributed by atoms with Crippen LogP contribution in [0.4, 0.5) is 0 Å². The number of aryl methyl sites for hydroxylation is 2. The minimum absolute atomic E-state index is 0.306. The van der Waals surface area contributed by atoms with Gasteiger partial charge in [0.05, 0.1) is 14.2 Å². The molecule has 0 aliphatic carbocycles. The average Bonchev–Trinajstić information content (AvgIpc) is 3.08. The minimum atomic E-state index is -0.308. The van der Waals surface area contributed by atoms with Crippen LogP contribution in [0.25, 0.3) is 23.3 Å². The zero-order valence-corrected chi connectivity index (χ0v) is 18.1. The Bertz CT molecular complexity index is 1200. The highest BCUT2D eigenvalue weighted by molar-refractivity contribution is 5.78. The number of methoxy groups -OCH3 is 2. The summed E-state index contributed by atoms with van der Waals surface area (Å²) >= 11 is 0. The van der Waals surface area contributed by atoms with Crippen LogP contribution in [0.1, 0.15) is 38.1 Å². The molecule has 0 saturated heterocycles. The molecule has 0 unspecified atom stereocenters. The number of hydrogen-bond donors (Lipinski definition) is 0. The molecular weight excluding hydrogens is 384 g/mol. The third kappa shape index (κ3) is 3.65. The van der Waals surface area contributed by atoms with Crippen molar-refractivity contribution in [2.24, 2.45) is 7.05 Å². The van der Waals surface area contributed by atoms with Crippen molar-refractivity contribution >= 4 is 23.3 Å². The maximum absolute atomic E-state index is 13.0. The van der Waals surface area contributed by atoms with Gasteiger partial charge in [-0.05, 0) is 31.1 Å². The molecule has 0 radical (unpaired) electrons. The van der Waals surface area contributed by atoms with E-state index in [0.29, 0.717) is 48.0 Å². The lowest BCUT2D eigenvalue weighted by atomic mass is 10.1. The number of fused-ring (bicyclic) bond motifs is 1. The van der Waals surface area contributed by atoms with Crippen LogP contribution in [0.15, 0.2) is 27.8 Å². The molecule has 3 rings (SSSR count). The van der Waals surface area contributed by atoms with Crippen molar-refractivity contribution in [3.05, 3.63) is 50.4 Å². The Balaban J connectivity index is 2.20. The van der Waals surface area contributed by atoms with E-state index in [-0.39, 0.29) is 11.2 Å². The fraction of sp³-hybridized carbons (Fsp3) is 0.409. The quantitative estimate of drug-likeness (QED) is 0.568. The second-order valence-corrected chi connectivity index (χ2v) is 7.01. The second kappa shape index (κ2) is 9.02. The zero-order valence-electron chi connectivity index (χ0n) is 18.1. The highest BCUT2D eigenvalue weighted by atomic mass is 16.5. The summed E-state index contributed by atoms with van der Waals surface area (Å²) in [6.45, 7) is 4.82. The minimum Gasteiger partial charge on any atom is -0.493 e. The summed E-state index contributed by atoms with van der Waals surface area (Å²) in [4.78, 5) is 30.5. The van der Waals surface area contributed by atoms with E-state index in [0.717, 1.165) is 12.0 Å². The Kier molecular flexibility index (Phi) is 6.44. The summed E-state index contributed by atoms with van der Waals surface area (Å²) in [5.74, 6) is 1.82. The largest absolute Gasteiger partial charge is 0.493 e. The molecule has 0 aliphatic rings. The first-order valence-electron chi connectivity index (χ1n) is 10.1. The van der Waals surface area contributed by atoms with E-state index < -0.39 is 0 Å². The highest BCUT2D eigenvalue weighted by Gasteiger charge is 2.18. The molecule has 0 amide bonds. The lowest BCUT2D eigenvalue weighted by molar-refractivity contribution is 0.354. The molecule has 8 nitrogen and oxygen atoms in total. The first kappa shape index (κ1) is 21.4. The summed E-state index contributed by atoms with van der Waals surface area (Å²) in [7, 11) is 4.96. The van der Waals surface area contributed by atoms with E-state index in [1.54, 1.807) is 30.4 Å². The average molecular weight is 412 g/mol. The van der Waals surface area contributed by atoms with Crippen LogP contribution in [0.5, 0.6) is 11.5 Å². The molecule has 2 heterocycles. The SMILES string of the molecule is CCCn1c(=O)c2c(nc(/C=C/c3cccc(OC)c3OC)n2C)n(CCC)c1=O. The molecule has 160 valence electrons. The van der Waals surface area contributed by atoms with Crippen molar-refractivity contribution in [3.63, 3.8) is 0 Å².